The number of carbonyl (C=O) groups is 1. The van der Waals surface area contributed by atoms with Crippen molar-refractivity contribution in [2.24, 2.45) is 0 Å². The van der Waals surface area contributed by atoms with Crippen molar-refractivity contribution in [3.63, 3.8) is 0 Å². The molecule has 114 valence electrons. The van der Waals surface area contributed by atoms with Crippen LogP contribution in [0.5, 0.6) is 0 Å². The molecule has 2 aliphatic rings. The van der Waals surface area contributed by atoms with E-state index < -0.39 is 0 Å². The van der Waals surface area contributed by atoms with Gasteiger partial charge in [-0.3, -0.25) is 4.79 Å². The Bertz CT molecular complexity index is 499. The molecule has 3 rings (SSSR count). The molecule has 0 radical (unpaired) electrons. The van der Waals surface area contributed by atoms with Crippen LogP contribution in [0, 0.1) is 0 Å². The van der Waals surface area contributed by atoms with Gasteiger partial charge in [0.15, 0.2) is 0 Å². The zero-order valence-corrected chi connectivity index (χ0v) is 12.8. The van der Waals surface area contributed by atoms with Crippen molar-refractivity contribution in [2.45, 2.75) is 51.5 Å². The Labute approximate surface area is 126 Å². The minimum atomic E-state index is 0.0567. The summed E-state index contributed by atoms with van der Waals surface area (Å²) in [6, 6.07) is 2.43. The van der Waals surface area contributed by atoms with Gasteiger partial charge in [0.2, 0.25) is 0 Å². The summed E-state index contributed by atoms with van der Waals surface area (Å²) in [5.74, 6) is 0.973. The van der Waals surface area contributed by atoms with Crippen LogP contribution < -0.4 is 4.90 Å². The molecule has 2 aliphatic heterocycles. The smallest absolute Gasteiger partial charge is 0.272 e. The fraction of sp³-hybridized carbons (Fsp3) is 0.688. The predicted molar refractivity (Wildman–Crippen MR) is 82.4 cm³/mol. The molecule has 0 aliphatic carbocycles. The number of amides is 1. The van der Waals surface area contributed by atoms with Crippen molar-refractivity contribution in [3.05, 3.63) is 18.1 Å². The standard InChI is InChI=1S/C16H24N4O/c1-2-13-7-3-4-10-20(13)15-11-14(17-12-18-15)16(21)19-8-5-6-9-19/h11-13H,2-10H2,1H3. The molecule has 1 aromatic rings. The van der Waals surface area contributed by atoms with Crippen molar-refractivity contribution in [1.29, 1.82) is 0 Å². The van der Waals surface area contributed by atoms with Crippen molar-refractivity contribution < 1.29 is 4.79 Å². The Morgan fingerprint density at radius 3 is 2.71 bits per heavy atom. The highest BCUT2D eigenvalue weighted by Crippen LogP contribution is 2.25. The Morgan fingerprint density at radius 1 is 1.19 bits per heavy atom. The average molecular weight is 288 g/mol. The first-order valence-corrected chi connectivity index (χ1v) is 8.17. The Morgan fingerprint density at radius 2 is 1.95 bits per heavy atom. The number of anilines is 1. The molecular formula is C16H24N4O. The third kappa shape index (κ3) is 3.01. The molecule has 1 atom stereocenters. The molecule has 2 fully saturated rings. The summed E-state index contributed by atoms with van der Waals surface area (Å²) in [6.07, 6.45) is 8.59. The molecular weight excluding hydrogens is 264 g/mol. The van der Waals surface area contributed by atoms with E-state index in [-0.39, 0.29) is 5.91 Å². The number of hydrogen-bond donors (Lipinski definition) is 0. The highest BCUT2D eigenvalue weighted by molar-refractivity contribution is 5.93. The van der Waals surface area contributed by atoms with Gasteiger partial charge in [-0.25, -0.2) is 9.97 Å². The molecule has 2 saturated heterocycles. The maximum Gasteiger partial charge on any atom is 0.272 e. The van der Waals surface area contributed by atoms with E-state index in [0.717, 1.165) is 44.7 Å². The molecule has 1 unspecified atom stereocenters. The second-order valence-electron chi connectivity index (χ2n) is 6.01. The molecule has 0 bridgehead atoms. The third-order valence-corrected chi connectivity index (χ3v) is 4.66. The van der Waals surface area contributed by atoms with Gasteiger partial charge in [0.25, 0.3) is 5.91 Å². The monoisotopic (exact) mass is 288 g/mol. The average Bonchev–Trinajstić information content (AvgIpc) is 3.08. The van der Waals surface area contributed by atoms with Crippen LogP contribution in [0.15, 0.2) is 12.4 Å². The van der Waals surface area contributed by atoms with E-state index in [4.69, 9.17) is 0 Å². The molecule has 5 heteroatoms. The van der Waals surface area contributed by atoms with Gasteiger partial charge >= 0.3 is 0 Å². The van der Waals surface area contributed by atoms with E-state index in [9.17, 15) is 4.79 Å². The third-order valence-electron chi connectivity index (χ3n) is 4.66. The van der Waals surface area contributed by atoms with E-state index in [1.807, 2.05) is 11.0 Å². The van der Waals surface area contributed by atoms with Gasteiger partial charge in [0, 0.05) is 31.7 Å². The lowest BCUT2D eigenvalue weighted by Crippen LogP contribution is -2.40. The van der Waals surface area contributed by atoms with Crippen molar-refractivity contribution in [1.82, 2.24) is 14.9 Å². The highest BCUT2D eigenvalue weighted by atomic mass is 16.2. The van der Waals surface area contributed by atoms with Crippen LogP contribution in [0.3, 0.4) is 0 Å². The minimum absolute atomic E-state index is 0.0567. The first-order valence-electron chi connectivity index (χ1n) is 8.17. The quantitative estimate of drug-likeness (QED) is 0.857. The van der Waals surface area contributed by atoms with Gasteiger partial charge < -0.3 is 9.80 Å². The second-order valence-corrected chi connectivity index (χ2v) is 6.01. The summed E-state index contributed by atoms with van der Waals surface area (Å²) in [6.45, 7) is 4.98. The summed E-state index contributed by atoms with van der Waals surface area (Å²) in [5, 5.41) is 0. The number of nitrogens with zero attached hydrogens (tertiary/aromatic N) is 4. The van der Waals surface area contributed by atoms with Crippen molar-refractivity contribution in [3.8, 4) is 0 Å². The number of piperidine rings is 1. The molecule has 5 nitrogen and oxygen atoms in total. The maximum absolute atomic E-state index is 12.5. The molecule has 21 heavy (non-hydrogen) atoms. The fourth-order valence-electron chi connectivity index (χ4n) is 3.43. The first-order chi connectivity index (χ1) is 10.3. The van der Waals surface area contributed by atoms with Gasteiger partial charge in [-0.2, -0.15) is 0 Å². The van der Waals surface area contributed by atoms with Gasteiger partial charge in [-0.1, -0.05) is 6.92 Å². The highest BCUT2D eigenvalue weighted by Gasteiger charge is 2.25. The van der Waals surface area contributed by atoms with E-state index in [1.54, 1.807) is 6.33 Å². The molecule has 0 aromatic carbocycles. The van der Waals surface area contributed by atoms with Gasteiger partial charge in [-0.05, 0) is 38.5 Å². The first kappa shape index (κ1) is 14.3. The largest absolute Gasteiger partial charge is 0.354 e. The molecule has 1 aromatic heterocycles. The van der Waals surface area contributed by atoms with Crippen LogP contribution in [-0.4, -0.2) is 46.5 Å². The summed E-state index contributed by atoms with van der Waals surface area (Å²) in [7, 11) is 0. The number of aromatic nitrogens is 2. The zero-order valence-electron chi connectivity index (χ0n) is 12.8. The molecule has 0 saturated carbocycles. The SMILES string of the molecule is CCC1CCCCN1c1cc(C(=O)N2CCCC2)ncn1. The van der Waals surface area contributed by atoms with Crippen molar-refractivity contribution in [2.75, 3.05) is 24.5 Å². The van der Waals surface area contributed by atoms with Crippen LogP contribution in [0.25, 0.3) is 0 Å². The summed E-state index contributed by atoms with van der Waals surface area (Å²) in [5.41, 5.74) is 0.544. The Balaban J connectivity index is 1.80. The molecule has 0 spiro atoms. The molecule has 0 N–H and O–H groups in total. The fourth-order valence-corrected chi connectivity index (χ4v) is 3.43. The normalized spacial score (nSPS) is 22.6. The van der Waals surface area contributed by atoms with Gasteiger partial charge in [0.05, 0.1) is 0 Å². The number of rotatable bonds is 3. The summed E-state index contributed by atoms with van der Waals surface area (Å²) >= 11 is 0. The molecule has 1 amide bonds. The summed E-state index contributed by atoms with van der Waals surface area (Å²) in [4.78, 5) is 25.3. The van der Waals surface area contributed by atoms with Gasteiger partial charge in [-0.15, -0.1) is 0 Å². The number of likely N-dealkylation sites (tertiary alicyclic amines) is 1. The minimum Gasteiger partial charge on any atom is -0.354 e. The van der Waals surface area contributed by atoms with E-state index in [2.05, 4.69) is 21.8 Å². The van der Waals surface area contributed by atoms with E-state index in [0.29, 0.717) is 11.7 Å². The molecule has 3 heterocycles. The van der Waals surface area contributed by atoms with Crippen molar-refractivity contribution >= 4 is 11.7 Å². The maximum atomic E-state index is 12.5. The Hall–Kier alpha value is -1.65. The number of carbonyl (C=O) groups excluding carboxylic acids is 1. The lowest BCUT2D eigenvalue weighted by molar-refractivity contribution is 0.0787. The van der Waals surface area contributed by atoms with Crippen LogP contribution >= 0.6 is 0 Å². The second kappa shape index (κ2) is 6.41. The Kier molecular flexibility index (Phi) is 4.36. The summed E-state index contributed by atoms with van der Waals surface area (Å²) < 4.78 is 0. The lowest BCUT2D eigenvalue weighted by Gasteiger charge is -2.36. The van der Waals surface area contributed by atoms with E-state index in [1.165, 1.54) is 19.3 Å². The van der Waals surface area contributed by atoms with Crippen LogP contribution in [0.2, 0.25) is 0 Å². The topological polar surface area (TPSA) is 49.3 Å². The van der Waals surface area contributed by atoms with Crippen LogP contribution in [-0.2, 0) is 0 Å². The number of hydrogen-bond acceptors (Lipinski definition) is 4. The zero-order chi connectivity index (χ0) is 14.7. The van der Waals surface area contributed by atoms with Crippen LogP contribution in [0.4, 0.5) is 5.82 Å². The predicted octanol–water partition coefficient (Wildman–Crippen LogP) is 2.48. The lowest BCUT2D eigenvalue weighted by atomic mass is 10.00. The van der Waals surface area contributed by atoms with E-state index >= 15 is 0 Å². The van der Waals surface area contributed by atoms with Gasteiger partial charge in [0.1, 0.15) is 17.8 Å². The van der Waals surface area contributed by atoms with Crippen LogP contribution in [0.1, 0.15) is 55.9 Å².